The SMILES string of the molecule is Cc1ccc(C(=O)Nc2nc3c(s2)CNCC3)cn1. The van der Waals surface area contributed by atoms with Crippen molar-refractivity contribution < 1.29 is 4.79 Å². The molecule has 3 heterocycles. The molecule has 0 aromatic carbocycles. The number of amides is 1. The number of fused-ring (bicyclic) bond motifs is 1. The maximum Gasteiger partial charge on any atom is 0.259 e. The molecule has 0 saturated carbocycles. The minimum Gasteiger partial charge on any atom is -0.311 e. The van der Waals surface area contributed by atoms with Gasteiger partial charge in [0.25, 0.3) is 5.91 Å². The number of hydrogen-bond acceptors (Lipinski definition) is 5. The lowest BCUT2D eigenvalue weighted by molar-refractivity contribution is 0.102. The van der Waals surface area contributed by atoms with Crippen molar-refractivity contribution in [3.63, 3.8) is 0 Å². The van der Waals surface area contributed by atoms with E-state index < -0.39 is 0 Å². The van der Waals surface area contributed by atoms with Crippen molar-refractivity contribution in [2.24, 2.45) is 0 Å². The second kappa shape index (κ2) is 5.07. The smallest absolute Gasteiger partial charge is 0.259 e. The molecule has 1 aliphatic rings. The first-order valence-corrected chi connectivity index (χ1v) is 6.97. The van der Waals surface area contributed by atoms with Crippen LogP contribution in [0.25, 0.3) is 0 Å². The first kappa shape index (κ1) is 12.3. The van der Waals surface area contributed by atoms with E-state index in [-0.39, 0.29) is 5.91 Å². The van der Waals surface area contributed by atoms with E-state index in [1.54, 1.807) is 12.3 Å². The van der Waals surface area contributed by atoms with Crippen molar-refractivity contribution in [3.8, 4) is 0 Å². The largest absolute Gasteiger partial charge is 0.311 e. The van der Waals surface area contributed by atoms with Gasteiger partial charge in [0, 0.05) is 36.3 Å². The van der Waals surface area contributed by atoms with Crippen LogP contribution in [0, 0.1) is 6.92 Å². The topological polar surface area (TPSA) is 66.9 Å². The van der Waals surface area contributed by atoms with Gasteiger partial charge in [-0.2, -0.15) is 0 Å². The van der Waals surface area contributed by atoms with Crippen LogP contribution in [-0.4, -0.2) is 22.4 Å². The van der Waals surface area contributed by atoms with Gasteiger partial charge in [0.15, 0.2) is 5.13 Å². The molecule has 3 rings (SSSR count). The fourth-order valence-corrected chi connectivity index (χ4v) is 2.92. The molecule has 19 heavy (non-hydrogen) atoms. The first-order chi connectivity index (χ1) is 9.22. The van der Waals surface area contributed by atoms with E-state index in [9.17, 15) is 4.79 Å². The molecule has 0 saturated heterocycles. The lowest BCUT2D eigenvalue weighted by Gasteiger charge is -2.09. The van der Waals surface area contributed by atoms with Gasteiger partial charge in [-0.15, -0.1) is 11.3 Å². The molecule has 2 aromatic rings. The molecule has 0 bridgehead atoms. The van der Waals surface area contributed by atoms with Gasteiger partial charge in [0.1, 0.15) is 0 Å². The Balaban J connectivity index is 1.75. The van der Waals surface area contributed by atoms with Crippen molar-refractivity contribution in [2.75, 3.05) is 11.9 Å². The van der Waals surface area contributed by atoms with Gasteiger partial charge >= 0.3 is 0 Å². The second-order valence-corrected chi connectivity index (χ2v) is 5.54. The number of nitrogens with one attached hydrogen (secondary N) is 2. The van der Waals surface area contributed by atoms with Gasteiger partial charge < -0.3 is 5.32 Å². The van der Waals surface area contributed by atoms with E-state index in [0.717, 1.165) is 30.9 Å². The van der Waals surface area contributed by atoms with Crippen molar-refractivity contribution in [2.45, 2.75) is 19.9 Å². The van der Waals surface area contributed by atoms with Crippen LogP contribution < -0.4 is 10.6 Å². The van der Waals surface area contributed by atoms with E-state index in [0.29, 0.717) is 10.7 Å². The van der Waals surface area contributed by atoms with E-state index in [1.807, 2.05) is 13.0 Å². The Morgan fingerprint density at radius 2 is 2.37 bits per heavy atom. The summed E-state index contributed by atoms with van der Waals surface area (Å²) in [5.41, 5.74) is 2.55. The van der Waals surface area contributed by atoms with Crippen LogP contribution in [0.1, 0.15) is 26.6 Å². The molecule has 0 atom stereocenters. The zero-order valence-corrected chi connectivity index (χ0v) is 11.4. The average Bonchev–Trinajstić information content (AvgIpc) is 2.81. The summed E-state index contributed by atoms with van der Waals surface area (Å²) in [4.78, 5) is 21.8. The Labute approximate surface area is 115 Å². The Kier molecular flexibility index (Phi) is 3.27. The van der Waals surface area contributed by atoms with Crippen LogP contribution in [0.5, 0.6) is 0 Å². The predicted octanol–water partition coefficient (Wildman–Crippen LogP) is 1.74. The maximum absolute atomic E-state index is 12.0. The molecule has 0 unspecified atom stereocenters. The highest BCUT2D eigenvalue weighted by Crippen LogP contribution is 2.25. The lowest BCUT2D eigenvalue weighted by atomic mass is 10.2. The molecule has 0 spiro atoms. The van der Waals surface area contributed by atoms with Crippen LogP contribution in [0.4, 0.5) is 5.13 Å². The normalized spacial score (nSPS) is 13.9. The summed E-state index contributed by atoms with van der Waals surface area (Å²) in [7, 11) is 0. The van der Waals surface area contributed by atoms with E-state index in [1.165, 1.54) is 16.2 Å². The number of pyridine rings is 1. The third-order valence-electron chi connectivity index (χ3n) is 3.00. The second-order valence-electron chi connectivity index (χ2n) is 4.46. The third-order valence-corrected chi connectivity index (χ3v) is 4.01. The Morgan fingerprint density at radius 3 is 3.11 bits per heavy atom. The Bertz CT molecular complexity index is 582. The summed E-state index contributed by atoms with van der Waals surface area (Å²) < 4.78 is 0. The van der Waals surface area contributed by atoms with Crippen LogP contribution in [0.3, 0.4) is 0 Å². The minimum atomic E-state index is -0.161. The minimum absolute atomic E-state index is 0.161. The van der Waals surface area contributed by atoms with Gasteiger partial charge in [-0.05, 0) is 19.1 Å². The van der Waals surface area contributed by atoms with Crippen molar-refractivity contribution in [1.29, 1.82) is 0 Å². The quantitative estimate of drug-likeness (QED) is 0.875. The predicted molar refractivity (Wildman–Crippen MR) is 74.5 cm³/mol. The molecule has 0 aliphatic carbocycles. The molecule has 5 nitrogen and oxygen atoms in total. The number of anilines is 1. The highest BCUT2D eigenvalue weighted by molar-refractivity contribution is 7.15. The number of carbonyl (C=O) groups is 1. The number of thiazole rings is 1. The van der Waals surface area contributed by atoms with E-state index in [2.05, 4.69) is 20.6 Å². The highest BCUT2D eigenvalue weighted by atomic mass is 32.1. The fourth-order valence-electron chi connectivity index (χ4n) is 1.95. The maximum atomic E-state index is 12.0. The standard InChI is InChI=1S/C13H14N4OS/c1-8-2-3-9(6-15-8)12(18)17-13-16-10-4-5-14-7-11(10)19-13/h2-3,6,14H,4-5,7H2,1H3,(H,16,17,18). The zero-order chi connectivity index (χ0) is 13.2. The van der Waals surface area contributed by atoms with Gasteiger partial charge in [0.2, 0.25) is 0 Å². The summed E-state index contributed by atoms with van der Waals surface area (Å²) in [6.45, 7) is 3.69. The van der Waals surface area contributed by atoms with Crippen molar-refractivity contribution >= 4 is 22.4 Å². The number of aryl methyl sites for hydroxylation is 1. The molecule has 0 radical (unpaired) electrons. The Hall–Kier alpha value is -1.79. The molecule has 2 N–H and O–H groups in total. The van der Waals surface area contributed by atoms with E-state index in [4.69, 9.17) is 0 Å². The van der Waals surface area contributed by atoms with E-state index >= 15 is 0 Å². The van der Waals surface area contributed by atoms with Gasteiger partial charge in [0.05, 0.1) is 11.3 Å². The van der Waals surface area contributed by atoms with Gasteiger partial charge in [-0.1, -0.05) is 0 Å². The summed E-state index contributed by atoms with van der Waals surface area (Å²) in [5, 5.41) is 6.79. The molecule has 1 aliphatic heterocycles. The molecular formula is C13H14N4OS. The monoisotopic (exact) mass is 274 g/mol. The summed E-state index contributed by atoms with van der Waals surface area (Å²) >= 11 is 1.54. The number of hydrogen-bond donors (Lipinski definition) is 2. The Morgan fingerprint density at radius 1 is 1.47 bits per heavy atom. The molecule has 2 aromatic heterocycles. The van der Waals surface area contributed by atoms with Crippen molar-refractivity contribution in [1.82, 2.24) is 15.3 Å². The molecule has 6 heteroatoms. The summed E-state index contributed by atoms with van der Waals surface area (Å²) in [5.74, 6) is -0.161. The van der Waals surface area contributed by atoms with Crippen LogP contribution in [-0.2, 0) is 13.0 Å². The lowest BCUT2D eigenvalue weighted by Crippen LogP contribution is -2.22. The molecular weight excluding hydrogens is 260 g/mol. The van der Waals surface area contributed by atoms with Gasteiger partial charge in [-0.3, -0.25) is 15.1 Å². The van der Waals surface area contributed by atoms with Gasteiger partial charge in [-0.25, -0.2) is 4.98 Å². The van der Waals surface area contributed by atoms with Crippen LogP contribution >= 0.6 is 11.3 Å². The average molecular weight is 274 g/mol. The highest BCUT2D eigenvalue weighted by Gasteiger charge is 2.16. The molecule has 0 fully saturated rings. The van der Waals surface area contributed by atoms with Crippen LogP contribution in [0.2, 0.25) is 0 Å². The van der Waals surface area contributed by atoms with Crippen molar-refractivity contribution in [3.05, 3.63) is 40.2 Å². The third kappa shape index (κ3) is 2.64. The molecule has 1 amide bonds. The summed E-state index contributed by atoms with van der Waals surface area (Å²) in [6.07, 6.45) is 2.51. The fraction of sp³-hybridized carbons (Fsp3) is 0.308. The number of aromatic nitrogens is 2. The van der Waals surface area contributed by atoms with Crippen LogP contribution in [0.15, 0.2) is 18.3 Å². The zero-order valence-electron chi connectivity index (χ0n) is 10.6. The summed E-state index contributed by atoms with van der Waals surface area (Å²) in [6, 6.07) is 3.60. The number of nitrogens with zero attached hydrogens (tertiary/aromatic N) is 2. The number of carbonyl (C=O) groups excluding carboxylic acids is 1. The first-order valence-electron chi connectivity index (χ1n) is 6.15. The molecule has 98 valence electrons. The number of rotatable bonds is 2.